The van der Waals surface area contributed by atoms with Crippen molar-refractivity contribution in [2.75, 3.05) is 19.8 Å². The second-order valence-electron chi connectivity index (χ2n) is 3.96. The van der Waals surface area contributed by atoms with Gasteiger partial charge in [-0.15, -0.1) is 6.58 Å². The summed E-state index contributed by atoms with van der Waals surface area (Å²) in [5.74, 6) is -0.392. The summed E-state index contributed by atoms with van der Waals surface area (Å²) in [4.78, 5) is 11.1. The van der Waals surface area contributed by atoms with E-state index in [2.05, 4.69) is 13.2 Å². The van der Waals surface area contributed by atoms with Gasteiger partial charge in [-0.1, -0.05) is 12.7 Å². The average Bonchev–Trinajstić information content (AvgIpc) is 2.30. The van der Waals surface area contributed by atoms with Crippen molar-refractivity contribution in [1.82, 2.24) is 0 Å². The van der Waals surface area contributed by atoms with Crippen LogP contribution >= 0.6 is 0 Å². The number of hydrogen-bond acceptors (Lipinski definition) is 4. The Morgan fingerprint density at radius 1 is 1.24 bits per heavy atom. The van der Waals surface area contributed by atoms with Gasteiger partial charge in [0.1, 0.15) is 6.61 Å². The van der Waals surface area contributed by atoms with E-state index in [0.29, 0.717) is 18.8 Å². The van der Waals surface area contributed by atoms with Crippen molar-refractivity contribution in [3.8, 4) is 0 Å². The van der Waals surface area contributed by atoms with Gasteiger partial charge >= 0.3 is 5.97 Å². The molecule has 0 aliphatic carbocycles. The molecule has 0 spiro atoms. The summed E-state index contributed by atoms with van der Waals surface area (Å²) in [6, 6.07) is 0. The van der Waals surface area contributed by atoms with Gasteiger partial charge in [-0.3, -0.25) is 0 Å². The van der Waals surface area contributed by atoms with E-state index < -0.39 is 5.97 Å². The Bertz CT molecular complexity index is 260. The number of rotatable bonds is 9. The molecule has 0 rings (SSSR count). The molecule has 4 nitrogen and oxygen atoms in total. The normalized spacial score (nSPS) is 13.8. The predicted molar refractivity (Wildman–Crippen MR) is 66.8 cm³/mol. The number of ether oxygens (including phenoxy) is 3. The molecule has 0 aromatic carbocycles. The molecule has 0 amide bonds. The standard InChI is InChI=1S/C13H22O4/c1-6-7-15-11(4)8-16-12(5)9-17-13(14)10(2)3/h6,11-12H,1-2,7-9H2,3-5H3. The zero-order valence-corrected chi connectivity index (χ0v) is 10.9. The van der Waals surface area contributed by atoms with Crippen molar-refractivity contribution in [1.29, 1.82) is 0 Å². The highest BCUT2D eigenvalue weighted by atomic mass is 16.6. The highest BCUT2D eigenvalue weighted by Crippen LogP contribution is 2.00. The highest BCUT2D eigenvalue weighted by Gasteiger charge is 2.10. The van der Waals surface area contributed by atoms with Crippen LogP contribution in [0.3, 0.4) is 0 Å². The Morgan fingerprint density at radius 2 is 1.82 bits per heavy atom. The van der Waals surface area contributed by atoms with Gasteiger partial charge in [0.05, 0.1) is 25.4 Å². The van der Waals surface area contributed by atoms with Crippen molar-refractivity contribution in [2.45, 2.75) is 33.0 Å². The van der Waals surface area contributed by atoms with E-state index in [1.165, 1.54) is 0 Å². The number of hydrogen-bond donors (Lipinski definition) is 0. The monoisotopic (exact) mass is 242 g/mol. The molecule has 0 saturated heterocycles. The van der Waals surface area contributed by atoms with Crippen molar-refractivity contribution in [3.63, 3.8) is 0 Å². The number of carbonyl (C=O) groups excluding carboxylic acids is 1. The summed E-state index contributed by atoms with van der Waals surface area (Å²) in [5, 5.41) is 0. The van der Waals surface area contributed by atoms with Crippen LogP contribution in [0.25, 0.3) is 0 Å². The lowest BCUT2D eigenvalue weighted by Gasteiger charge is -2.17. The molecule has 2 atom stereocenters. The first-order valence-corrected chi connectivity index (χ1v) is 5.64. The van der Waals surface area contributed by atoms with Crippen LogP contribution in [0.1, 0.15) is 20.8 Å². The maximum absolute atomic E-state index is 11.1. The first-order chi connectivity index (χ1) is 7.97. The van der Waals surface area contributed by atoms with Crippen LogP contribution in [0.5, 0.6) is 0 Å². The first kappa shape index (κ1) is 15.9. The minimum atomic E-state index is -0.392. The molecule has 0 N–H and O–H groups in total. The molecule has 4 heteroatoms. The van der Waals surface area contributed by atoms with Crippen LogP contribution in [0, 0.1) is 0 Å². The van der Waals surface area contributed by atoms with Gasteiger partial charge in [0.2, 0.25) is 0 Å². The summed E-state index contributed by atoms with van der Waals surface area (Å²) in [6.07, 6.45) is 1.52. The van der Waals surface area contributed by atoms with Crippen molar-refractivity contribution in [3.05, 3.63) is 24.8 Å². The third-order valence-electron chi connectivity index (χ3n) is 1.91. The second-order valence-corrected chi connectivity index (χ2v) is 3.96. The molecule has 0 aliphatic heterocycles. The second kappa shape index (κ2) is 8.96. The van der Waals surface area contributed by atoms with E-state index in [4.69, 9.17) is 14.2 Å². The molecule has 0 saturated carbocycles. The topological polar surface area (TPSA) is 44.8 Å². The van der Waals surface area contributed by atoms with E-state index in [1.54, 1.807) is 13.0 Å². The van der Waals surface area contributed by atoms with Crippen LogP contribution in [-0.4, -0.2) is 38.0 Å². The average molecular weight is 242 g/mol. The van der Waals surface area contributed by atoms with Gasteiger partial charge in [0.15, 0.2) is 0 Å². The largest absolute Gasteiger partial charge is 0.460 e. The van der Waals surface area contributed by atoms with Crippen molar-refractivity contribution < 1.29 is 19.0 Å². The molecule has 0 bridgehead atoms. The third kappa shape index (κ3) is 8.65. The lowest BCUT2D eigenvalue weighted by molar-refractivity contribution is -0.143. The van der Waals surface area contributed by atoms with E-state index in [1.807, 2.05) is 13.8 Å². The maximum Gasteiger partial charge on any atom is 0.333 e. The van der Waals surface area contributed by atoms with Crippen LogP contribution in [0.2, 0.25) is 0 Å². The smallest absolute Gasteiger partial charge is 0.333 e. The van der Waals surface area contributed by atoms with E-state index >= 15 is 0 Å². The Hall–Kier alpha value is -1.13. The van der Waals surface area contributed by atoms with Crippen molar-refractivity contribution >= 4 is 5.97 Å². The van der Waals surface area contributed by atoms with E-state index in [0.717, 1.165) is 0 Å². The van der Waals surface area contributed by atoms with Gasteiger partial charge in [-0.2, -0.15) is 0 Å². The van der Waals surface area contributed by atoms with E-state index in [-0.39, 0.29) is 18.8 Å². The Balaban J connectivity index is 3.65. The fourth-order valence-electron chi connectivity index (χ4n) is 0.945. The lowest BCUT2D eigenvalue weighted by Crippen LogP contribution is -2.24. The molecule has 0 aromatic rings. The fourth-order valence-corrected chi connectivity index (χ4v) is 0.945. The molecular weight excluding hydrogens is 220 g/mol. The van der Waals surface area contributed by atoms with Gasteiger partial charge < -0.3 is 14.2 Å². The maximum atomic E-state index is 11.1. The summed E-state index contributed by atoms with van der Waals surface area (Å²) < 4.78 is 15.8. The summed E-state index contributed by atoms with van der Waals surface area (Å²) >= 11 is 0. The molecule has 0 aliphatic rings. The molecule has 2 unspecified atom stereocenters. The molecule has 98 valence electrons. The molecule has 0 radical (unpaired) electrons. The fraction of sp³-hybridized carbons (Fsp3) is 0.615. The van der Waals surface area contributed by atoms with Crippen LogP contribution in [0.15, 0.2) is 24.8 Å². The van der Waals surface area contributed by atoms with Gasteiger partial charge in [0.25, 0.3) is 0 Å². The van der Waals surface area contributed by atoms with Crippen molar-refractivity contribution in [2.24, 2.45) is 0 Å². The van der Waals surface area contributed by atoms with Gasteiger partial charge in [0, 0.05) is 5.57 Å². The molecule has 17 heavy (non-hydrogen) atoms. The Labute approximate surface area is 103 Å². The third-order valence-corrected chi connectivity index (χ3v) is 1.91. The molecule has 0 aromatic heterocycles. The quantitative estimate of drug-likeness (QED) is 0.353. The minimum absolute atomic E-state index is 0.00714. The Kier molecular flexibility index (Phi) is 8.36. The number of carbonyl (C=O) groups is 1. The first-order valence-electron chi connectivity index (χ1n) is 5.64. The summed E-state index contributed by atoms with van der Waals surface area (Å²) in [6.45, 7) is 13.6. The number of esters is 1. The zero-order valence-electron chi connectivity index (χ0n) is 10.9. The van der Waals surface area contributed by atoms with Crippen LogP contribution in [0.4, 0.5) is 0 Å². The molecule has 0 heterocycles. The Morgan fingerprint density at radius 3 is 2.35 bits per heavy atom. The van der Waals surface area contributed by atoms with Gasteiger partial charge in [-0.25, -0.2) is 4.79 Å². The van der Waals surface area contributed by atoms with Crippen LogP contribution in [-0.2, 0) is 19.0 Å². The lowest BCUT2D eigenvalue weighted by atomic mass is 10.3. The minimum Gasteiger partial charge on any atom is -0.460 e. The van der Waals surface area contributed by atoms with E-state index in [9.17, 15) is 4.79 Å². The molecular formula is C13H22O4. The van der Waals surface area contributed by atoms with Crippen LogP contribution < -0.4 is 0 Å². The SMILES string of the molecule is C=CCOC(C)COC(C)COC(=O)C(=C)C. The summed E-state index contributed by atoms with van der Waals surface area (Å²) in [7, 11) is 0. The summed E-state index contributed by atoms with van der Waals surface area (Å²) in [5.41, 5.74) is 0.389. The predicted octanol–water partition coefficient (Wildman–Crippen LogP) is 2.10. The zero-order chi connectivity index (χ0) is 13.3. The highest BCUT2D eigenvalue weighted by molar-refractivity contribution is 5.86. The molecule has 0 fully saturated rings. The van der Waals surface area contributed by atoms with Gasteiger partial charge in [-0.05, 0) is 20.8 Å².